The van der Waals surface area contributed by atoms with Crippen LogP contribution in [-0.4, -0.2) is 47.7 Å². The number of hydrogen-bond acceptors (Lipinski definition) is 10. The van der Waals surface area contributed by atoms with E-state index in [0.29, 0.717) is 22.4 Å². The van der Waals surface area contributed by atoms with E-state index in [-0.39, 0.29) is 34.5 Å². The molecule has 4 aromatic rings. The van der Waals surface area contributed by atoms with Crippen molar-refractivity contribution in [2.24, 2.45) is 5.73 Å². The molecule has 5 rings (SSSR count). The van der Waals surface area contributed by atoms with E-state index in [9.17, 15) is 31.6 Å². The third kappa shape index (κ3) is 6.12. The van der Waals surface area contributed by atoms with Gasteiger partial charge in [-0.1, -0.05) is 24.3 Å². The molecule has 0 fully saturated rings. The van der Waals surface area contributed by atoms with Gasteiger partial charge in [-0.2, -0.15) is 5.26 Å². The van der Waals surface area contributed by atoms with E-state index in [4.69, 9.17) is 10.2 Å². The molecular formula is C29H25F3N6O5S. The fraction of sp³-hybridized carbons (Fsp3) is 0.276. The third-order valence-corrected chi connectivity index (χ3v) is 8.75. The molecule has 2 N–H and O–H groups in total. The molecule has 15 heteroatoms. The Hall–Kier alpha value is -4.81. The number of nitrogens with two attached hydrogens (primary N) is 1. The molecule has 0 bridgehead atoms. The average molecular weight is 627 g/mol. The summed E-state index contributed by atoms with van der Waals surface area (Å²) >= 11 is 0. The first kappa shape index (κ1) is 30.6. The second-order valence-electron chi connectivity index (χ2n) is 10.7. The Labute approximate surface area is 250 Å². The molecule has 0 unspecified atom stereocenters. The normalized spacial score (nSPS) is 16.6. The van der Waals surface area contributed by atoms with Gasteiger partial charge >= 0.3 is 6.36 Å². The lowest BCUT2D eigenvalue weighted by atomic mass is 9.96. The van der Waals surface area contributed by atoms with Crippen molar-refractivity contribution in [3.8, 4) is 34.5 Å². The predicted molar refractivity (Wildman–Crippen MR) is 151 cm³/mol. The summed E-state index contributed by atoms with van der Waals surface area (Å²) < 4.78 is 73.9. The predicted octanol–water partition coefficient (Wildman–Crippen LogP) is 4.45. The van der Waals surface area contributed by atoms with Gasteiger partial charge in [-0.05, 0) is 56.2 Å². The van der Waals surface area contributed by atoms with Crippen molar-refractivity contribution < 1.29 is 35.5 Å². The van der Waals surface area contributed by atoms with Gasteiger partial charge in [0.05, 0.1) is 46.9 Å². The number of benzene rings is 2. The van der Waals surface area contributed by atoms with E-state index in [2.05, 4.69) is 26.0 Å². The Kier molecular flexibility index (Phi) is 7.68. The van der Waals surface area contributed by atoms with Crippen LogP contribution in [0.3, 0.4) is 0 Å². The summed E-state index contributed by atoms with van der Waals surface area (Å²) in [4.78, 5) is 18.7. The minimum Gasteiger partial charge on any atom is -0.419 e. The number of aryl methyl sites for hydroxylation is 1. The van der Waals surface area contributed by atoms with Crippen molar-refractivity contribution in [1.29, 1.82) is 5.26 Å². The highest BCUT2D eigenvalue weighted by Crippen LogP contribution is 2.36. The smallest absolute Gasteiger partial charge is 0.419 e. The van der Waals surface area contributed by atoms with E-state index in [1.807, 2.05) is 0 Å². The number of halogens is 3. The Bertz CT molecular complexity index is 1900. The van der Waals surface area contributed by atoms with Gasteiger partial charge in [-0.25, -0.2) is 8.42 Å². The molecule has 0 aliphatic carbocycles. The number of nitriles is 1. The molecule has 1 aliphatic rings. The van der Waals surface area contributed by atoms with Crippen molar-refractivity contribution in [3.63, 3.8) is 0 Å². The van der Waals surface area contributed by atoms with Gasteiger partial charge in [-0.3, -0.25) is 9.78 Å². The number of carbonyl (C=O) groups is 1. The fourth-order valence-electron chi connectivity index (χ4n) is 4.54. The number of anilines is 1. The number of carbonyl (C=O) groups excluding carboxylic acids is 1. The number of sulfone groups is 1. The van der Waals surface area contributed by atoms with Crippen molar-refractivity contribution in [3.05, 3.63) is 71.7 Å². The number of ether oxygens (including phenoxy) is 1. The van der Waals surface area contributed by atoms with Gasteiger partial charge in [0, 0.05) is 11.1 Å². The van der Waals surface area contributed by atoms with Crippen LogP contribution in [-0.2, 0) is 26.6 Å². The number of nitrogens with zero attached hydrogens (tertiary/aromatic N) is 5. The molecule has 1 aliphatic heterocycles. The molecule has 2 aromatic heterocycles. The zero-order valence-electron chi connectivity index (χ0n) is 23.6. The van der Waals surface area contributed by atoms with Crippen molar-refractivity contribution in [1.82, 2.24) is 15.2 Å². The third-order valence-electron chi connectivity index (χ3n) is 6.93. The summed E-state index contributed by atoms with van der Waals surface area (Å²) in [6.07, 6.45) is -3.85. The van der Waals surface area contributed by atoms with Crippen molar-refractivity contribution in [2.75, 3.05) is 10.7 Å². The number of rotatable bonds is 6. The van der Waals surface area contributed by atoms with Gasteiger partial charge in [0.15, 0.2) is 15.6 Å². The first-order valence-electron chi connectivity index (χ1n) is 13.1. The molecule has 0 radical (unpaired) electrons. The summed E-state index contributed by atoms with van der Waals surface area (Å²) in [6.45, 7) is 4.62. The van der Waals surface area contributed by atoms with E-state index >= 15 is 0 Å². The van der Waals surface area contributed by atoms with Gasteiger partial charge < -0.3 is 19.8 Å². The zero-order chi connectivity index (χ0) is 32.0. The second-order valence-corrected chi connectivity index (χ2v) is 12.7. The van der Waals surface area contributed by atoms with E-state index in [1.54, 1.807) is 38.1 Å². The molecule has 1 atom stereocenters. The maximum Gasteiger partial charge on any atom is 0.573 e. The number of aromatic nitrogens is 3. The van der Waals surface area contributed by atoms with Crippen LogP contribution < -0.4 is 15.4 Å². The number of hydrogen-bond donors (Lipinski definition) is 1. The topological polar surface area (TPSA) is 165 Å². The molecule has 44 heavy (non-hydrogen) atoms. The van der Waals surface area contributed by atoms with Gasteiger partial charge in [0.25, 0.3) is 0 Å². The van der Waals surface area contributed by atoms with Crippen LogP contribution in [0.2, 0.25) is 0 Å². The second kappa shape index (κ2) is 11.0. The van der Waals surface area contributed by atoms with Crippen LogP contribution in [0.25, 0.3) is 22.7 Å². The lowest BCUT2D eigenvalue weighted by molar-refractivity contribution is -0.275. The van der Waals surface area contributed by atoms with Gasteiger partial charge in [-0.15, -0.1) is 23.4 Å². The Morgan fingerprint density at radius 1 is 1.11 bits per heavy atom. The first-order chi connectivity index (χ1) is 20.6. The minimum absolute atomic E-state index is 0.0308. The standard InChI is InChI=1S/C29H25F3N6O5S/c1-16-10-21(35-12-23(16)43-29(30,31)32)18-6-4-17(5-7-18)13-38-22-11-19(25-36-37-27(42-25)28(2,3)15-33)8-9-24(22)44(40,41)14-20(34)26(38)39/h4-12,20H,13-14,34H2,1-3H3/t20-/m0/s1. The van der Waals surface area contributed by atoms with Gasteiger partial charge in [0.1, 0.15) is 5.41 Å². The minimum atomic E-state index is -4.84. The highest BCUT2D eigenvalue weighted by molar-refractivity contribution is 7.91. The van der Waals surface area contributed by atoms with Crippen LogP contribution in [0.5, 0.6) is 5.75 Å². The summed E-state index contributed by atoms with van der Waals surface area (Å²) in [7, 11) is -3.95. The molecule has 0 saturated heterocycles. The Balaban J connectivity index is 1.48. The summed E-state index contributed by atoms with van der Waals surface area (Å²) in [5.74, 6) is -1.52. The van der Waals surface area contributed by atoms with E-state index < -0.39 is 45.1 Å². The monoisotopic (exact) mass is 626 g/mol. The quantitative estimate of drug-likeness (QED) is 0.323. The lowest BCUT2D eigenvalue weighted by Crippen LogP contribution is -2.45. The van der Waals surface area contributed by atoms with E-state index in [1.165, 1.54) is 36.1 Å². The number of fused-ring (bicyclic) bond motifs is 1. The largest absolute Gasteiger partial charge is 0.573 e. The van der Waals surface area contributed by atoms with Crippen LogP contribution in [0, 0.1) is 18.3 Å². The lowest BCUT2D eigenvalue weighted by Gasteiger charge is -2.24. The Morgan fingerprint density at radius 2 is 1.80 bits per heavy atom. The molecule has 0 saturated carbocycles. The molecule has 228 valence electrons. The van der Waals surface area contributed by atoms with Crippen LogP contribution in [0.15, 0.2) is 64.0 Å². The van der Waals surface area contributed by atoms with Crippen LogP contribution in [0.1, 0.15) is 30.9 Å². The van der Waals surface area contributed by atoms with Crippen LogP contribution >= 0.6 is 0 Å². The fourth-order valence-corrected chi connectivity index (χ4v) is 6.10. The van der Waals surface area contributed by atoms with Crippen molar-refractivity contribution >= 4 is 21.4 Å². The summed E-state index contributed by atoms with van der Waals surface area (Å²) in [5.41, 5.74) is 7.19. The maximum absolute atomic E-state index is 13.4. The molecule has 0 spiro atoms. The maximum atomic E-state index is 13.4. The summed E-state index contributed by atoms with van der Waals surface area (Å²) in [6, 6.07) is 13.2. The highest BCUT2D eigenvalue weighted by Gasteiger charge is 2.37. The molecule has 11 nitrogen and oxygen atoms in total. The SMILES string of the molecule is Cc1cc(-c2ccc(CN3C(=O)[C@@H](N)CS(=O)(=O)c4ccc(-c5nnc(C(C)(C)C#N)o5)cc43)cc2)ncc1OC(F)(F)F. The molecule has 3 heterocycles. The van der Waals surface area contributed by atoms with Crippen LogP contribution in [0.4, 0.5) is 18.9 Å². The number of alkyl halides is 3. The van der Waals surface area contributed by atoms with E-state index in [0.717, 1.165) is 6.20 Å². The highest BCUT2D eigenvalue weighted by atomic mass is 32.2. The van der Waals surface area contributed by atoms with Gasteiger partial charge in [0.2, 0.25) is 17.7 Å². The number of amides is 1. The first-order valence-corrected chi connectivity index (χ1v) is 14.7. The van der Waals surface area contributed by atoms with Crippen molar-refractivity contribution in [2.45, 2.75) is 50.0 Å². The average Bonchev–Trinajstić information content (AvgIpc) is 3.45. The zero-order valence-corrected chi connectivity index (χ0v) is 24.4. The molecule has 1 amide bonds. The molecule has 2 aromatic carbocycles. The Morgan fingerprint density at radius 3 is 2.43 bits per heavy atom. The number of pyridine rings is 1. The summed E-state index contributed by atoms with van der Waals surface area (Å²) in [5, 5.41) is 17.4. The molecular weight excluding hydrogens is 601 g/mol.